The van der Waals surface area contributed by atoms with Gasteiger partial charge in [-0.05, 0) is 35.1 Å². The first-order valence-corrected chi connectivity index (χ1v) is 8.80. The molecule has 2 rings (SSSR count). The van der Waals surface area contributed by atoms with E-state index in [9.17, 15) is 0 Å². The highest BCUT2D eigenvalue weighted by Gasteiger charge is 2.29. The van der Waals surface area contributed by atoms with Crippen LogP contribution in [0.4, 0.5) is 5.69 Å². The summed E-state index contributed by atoms with van der Waals surface area (Å²) in [5, 5.41) is 8.27. The van der Waals surface area contributed by atoms with Crippen molar-refractivity contribution in [3.8, 4) is 0 Å². The fraction of sp³-hybridized carbons (Fsp3) is 0.765. The zero-order valence-corrected chi connectivity index (χ0v) is 14.5. The Morgan fingerprint density at radius 2 is 2.10 bits per heavy atom. The quantitative estimate of drug-likeness (QED) is 0.894. The average Bonchev–Trinajstić information content (AvgIpc) is 2.89. The minimum atomic E-state index is 0.359. The van der Waals surface area contributed by atoms with Gasteiger partial charge in [0.05, 0.1) is 0 Å². The molecule has 0 aliphatic carbocycles. The van der Waals surface area contributed by atoms with Crippen molar-refractivity contribution in [2.45, 2.75) is 47.1 Å². The molecule has 1 aromatic heterocycles. The van der Waals surface area contributed by atoms with Gasteiger partial charge in [0, 0.05) is 36.7 Å². The molecule has 0 aromatic carbocycles. The van der Waals surface area contributed by atoms with Crippen LogP contribution in [-0.4, -0.2) is 25.7 Å². The van der Waals surface area contributed by atoms with E-state index in [2.05, 4.69) is 61.7 Å². The fourth-order valence-corrected chi connectivity index (χ4v) is 3.53. The molecule has 0 bridgehead atoms. The van der Waals surface area contributed by atoms with Crippen molar-refractivity contribution in [3.63, 3.8) is 0 Å². The van der Waals surface area contributed by atoms with E-state index in [0.29, 0.717) is 11.5 Å². The van der Waals surface area contributed by atoms with Crippen LogP contribution in [0.25, 0.3) is 0 Å². The topological polar surface area (TPSA) is 15.3 Å². The lowest BCUT2D eigenvalue weighted by Gasteiger charge is -2.41. The first kappa shape index (κ1) is 15.8. The molecule has 2 heterocycles. The van der Waals surface area contributed by atoms with Crippen LogP contribution in [0.1, 0.15) is 41.0 Å². The third-order valence-corrected chi connectivity index (χ3v) is 4.89. The summed E-state index contributed by atoms with van der Waals surface area (Å²) in [6, 6.07) is 2.88. The molecule has 20 heavy (non-hydrogen) atoms. The summed E-state index contributed by atoms with van der Waals surface area (Å²) in [5.74, 6) is 1.55. The van der Waals surface area contributed by atoms with Crippen molar-refractivity contribution < 1.29 is 0 Å². The van der Waals surface area contributed by atoms with E-state index >= 15 is 0 Å². The normalized spacial score (nSPS) is 24.4. The van der Waals surface area contributed by atoms with Crippen LogP contribution in [0.5, 0.6) is 0 Å². The van der Waals surface area contributed by atoms with Crippen LogP contribution < -0.4 is 10.2 Å². The maximum Gasteiger partial charge on any atom is 0.0475 e. The molecule has 0 amide bonds. The van der Waals surface area contributed by atoms with Gasteiger partial charge in [0.25, 0.3) is 0 Å². The Kier molecular flexibility index (Phi) is 5.14. The van der Waals surface area contributed by atoms with E-state index in [4.69, 9.17) is 0 Å². The molecule has 2 nitrogen and oxygen atoms in total. The number of piperidine rings is 1. The minimum Gasteiger partial charge on any atom is -0.369 e. The lowest BCUT2D eigenvalue weighted by molar-refractivity contribution is 0.253. The van der Waals surface area contributed by atoms with Crippen LogP contribution in [0.15, 0.2) is 16.8 Å². The molecule has 3 heteroatoms. The van der Waals surface area contributed by atoms with E-state index in [1.165, 1.54) is 18.7 Å². The van der Waals surface area contributed by atoms with Gasteiger partial charge >= 0.3 is 0 Å². The lowest BCUT2D eigenvalue weighted by Crippen LogP contribution is -2.51. The number of nitrogens with one attached hydrogen (secondary N) is 1. The van der Waals surface area contributed by atoms with Gasteiger partial charge in [0.2, 0.25) is 0 Å². The summed E-state index contributed by atoms with van der Waals surface area (Å²) in [6.07, 6.45) is 1.31. The SMILES string of the molecule is CC(C)C1CC(NCC(C)(C)C)CN(c2ccsc2)C1. The van der Waals surface area contributed by atoms with Gasteiger partial charge in [-0.25, -0.2) is 0 Å². The van der Waals surface area contributed by atoms with Gasteiger partial charge < -0.3 is 10.2 Å². The first-order valence-electron chi connectivity index (χ1n) is 7.85. The van der Waals surface area contributed by atoms with Crippen molar-refractivity contribution in [3.05, 3.63) is 16.8 Å². The predicted molar refractivity (Wildman–Crippen MR) is 90.7 cm³/mol. The van der Waals surface area contributed by atoms with E-state index in [1.807, 2.05) is 0 Å². The summed E-state index contributed by atoms with van der Waals surface area (Å²) in [5.41, 5.74) is 1.76. The molecule has 1 aromatic rings. The summed E-state index contributed by atoms with van der Waals surface area (Å²) >= 11 is 1.80. The second-order valence-electron chi connectivity index (χ2n) is 7.76. The second kappa shape index (κ2) is 6.48. The summed E-state index contributed by atoms with van der Waals surface area (Å²) in [6.45, 7) is 15.1. The van der Waals surface area contributed by atoms with Crippen molar-refractivity contribution in [2.24, 2.45) is 17.3 Å². The molecular formula is C17H30N2S. The molecule has 1 saturated heterocycles. The van der Waals surface area contributed by atoms with Crippen molar-refractivity contribution >= 4 is 17.0 Å². The number of rotatable bonds is 4. The second-order valence-corrected chi connectivity index (χ2v) is 8.54. The predicted octanol–water partition coefficient (Wildman–Crippen LogP) is 4.23. The lowest BCUT2D eigenvalue weighted by atomic mass is 9.85. The van der Waals surface area contributed by atoms with Crippen LogP contribution in [0, 0.1) is 17.3 Å². The van der Waals surface area contributed by atoms with E-state index in [-0.39, 0.29) is 0 Å². The Bertz CT molecular complexity index is 392. The van der Waals surface area contributed by atoms with Gasteiger partial charge in [-0.15, -0.1) is 0 Å². The zero-order valence-electron chi connectivity index (χ0n) is 13.6. The van der Waals surface area contributed by atoms with Gasteiger partial charge in [0.1, 0.15) is 0 Å². The third kappa shape index (κ3) is 4.49. The molecule has 0 radical (unpaired) electrons. The standard InChI is InChI=1S/C17H30N2S/c1-13(2)14-8-15(18-12-17(3,4)5)10-19(9-14)16-6-7-20-11-16/h6-7,11,13-15,18H,8-10,12H2,1-5H3. The highest BCUT2D eigenvalue weighted by Crippen LogP contribution is 2.29. The Hall–Kier alpha value is -0.540. The first-order chi connectivity index (χ1) is 9.35. The molecule has 1 aliphatic heterocycles. The zero-order chi connectivity index (χ0) is 14.8. The van der Waals surface area contributed by atoms with Gasteiger partial charge in [0.15, 0.2) is 0 Å². The van der Waals surface area contributed by atoms with E-state index in [1.54, 1.807) is 11.3 Å². The number of anilines is 1. The Morgan fingerprint density at radius 1 is 1.35 bits per heavy atom. The molecule has 1 N–H and O–H groups in total. The van der Waals surface area contributed by atoms with Crippen LogP contribution in [0.3, 0.4) is 0 Å². The molecule has 0 spiro atoms. The third-order valence-electron chi connectivity index (χ3n) is 4.22. The Balaban J connectivity index is 2.01. The van der Waals surface area contributed by atoms with E-state index in [0.717, 1.165) is 24.9 Å². The van der Waals surface area contributed by atoms with Crippen LogP contribution in [-0.2, 0) is 0 Å². The number of nitrogens with zero attached hydrogens (tertiary/aromatic N) is 1. The van der Waals surface area contributed by atoms with Crippen molar-refractivity contribution in [2.75, 3.05) is 24.5 Å². The van der Waals surface area contributed by atoms with Gasteiger partial charge in [-0.1, -0.05) is 34.6 Å². The number of hydrogen-bond acceptors (Lipinski definition) is 3. The van der Waals surface area contributed by atoms with Crippen molar-refractivity contribution in [1.82, 2.24) is 5.32 Å². The summed E-state index contributed by atoms with van der Waals surface area (Å²) in [7, 11) is 0. The van der Waals surface area contributed by atoms with Crippen LogP contribution in [0.2, 0.25) is 0 Å². The number of hydrogen-bond donors (Lipinski definition) is 1. The van der Waals surface area contributed by atoms with Crippen molar-refractivity contribution in [1.29, 1.82) is 0 Å². The monoisotopic (exact) mass is 294 g/mol. The highest BCUT2D eigenvalue weighted by molar-refractivity contribution is 7.08. The molecule has 2 unspecified atom stereocenters. The number of thiophene rings is 1. The highest BCUT2D eigenvalue weighted by atomic mass is 32.1. The Labute approximate surface area is 128 Å². The fourth-order valence-electron chi connectivity index (χ4n) is 2.87. The summed E-state index contributed by atoms with van der Waals surface area (Å²) < 4.78 is 0. The minimum absolute atomic E-state index is 0.359. The summed E-state index contributed by atoms with van der Waals surface area (Å²) in [4.78, 5) is 2.57. The largest absolute Gasteiger partial charge is 0.369 e. The van der Waals surface area contributed by atoms with Gasteiger partial charge in [-0.3, -0.25) is 0 Å². The average molecular weight is 295 g/mol. The molecular weight excluding hydrogens is 264 g/mol. The van der Waals surface area contributed by atoms with Crippen LogP contribution >= 0.6 is 11.3 Å². The molecule has 1 aliphatic rings. The molecule has 114 valence electrons. The smallest absolute Gasteiger partial charge is 0.0475 e. The molecule has 1 fully saturated rings. The maximum absolute atomic E-state index is 3.80. The Morgan fingerprint density at radius 3 is 2.65 bits per heavy atom. The molecule has 0 saturated carbocycles. The van der Waals surface area contributed by atoms with E-state index < -0.39 is 0 Å². The molecule has 2 atom stereocenters. The maximum atomic E-state index is 3.80. The van der Waals surface area contributed by atoms with Gasteiger partial charge in [-0.2, -0.15) is 11.3 Å².